The van der Waals surface area contributed by atoms with Crippen LogP contribution in [-0.4, -0.2) is 10.3 Å². The number of hydrogen-bond donors (Lipinski definition) is 0. The van der Waals surface area contributed by atoms with Crippen LogP contribution in [0.3, 0.4) is 0 Å². The van der Waals surface area contributed by atoms with Crippen molar-refractivity contribution in [3.63, 3.8) is 0 Å². The lowest BCUT2D eigenvalue weighted by Crippen LogP contribution is -2.24. The van der Waals surface area contributed by atoms with Crippen molar-refractivity contribution in [3.8, 4) is 0 Å². The first-order valence-corrected chi connectivity index (χ1v) is 14.2. The molecule has 0 aliphatic carbocycles. The smallest absolute Gasteiger partial charge is 0.105 e. The molecule has 0 saturated heterocycles. The second-order valence-corrected chi connectivity index (χ2v) is 18.1. The Kier molecular flexibility index (Phi) is 4.47. The standard InChI is InChI=1S/C24H32O2P2/c1-23(2,3)27(25)15-17-11-7-9-13-19(17)21(27)22-20-14-10-8-12-18(20)16-28(22,26)24(4,5)6/h7-14,21-22H,15-16H2,1-6H3/t21-,22-,27-,28-/m0/s1. The van der Waals surface area contributed by atoms with Gasteiger partial charge < -0.3 is 9.13 Å². The maximum Gasteiger partial charge on any atom is 0.105 e. The number of hydrogen-bond acceptors (Lipinski definition) is 2. The summed E-state index contributed by atoms with van der Waals surface area (Å²) in [6.07, 6.45) is 1.25. The molecule has 2 aromatic rings. The molecular formula is C24H32O2P2. The van der Waals surface area contributed by atoms with Gasteiger partial charge in [0.25, 0.3) is 0 Å². The van der Waals surface area contributed by atoms with E-state index in [2.05, 4.69) is 65.8 Å². The summed E-state index contributed by atoms with van der Waals surface area (Å²) in [6.45, 7) is 12.6. The molecule has 0 spiro atoms. The summed E-state index contributed by atoms with van der Waals surface area (Å²) < 4.78 is 29.4. The van der Waals surface area contributed by atoms with Crippen molar-refractivity contribution >= 4 is 14.3 Å². The molecule has 2 aliphatic rings. The lowest BCUT2D eigenvalue weighted by atomic mass is 9.98. The van der Waals surface area contributed by atoms with Crippen molar-refractivity contribution in [1.29, 1.82) is 0 Å². The SMILES string of the molecule is CC(C)(C)[P@]1(=O)Cc2ccccc2[C@H]1[C@@H]1c2ccccc2C[P@@]1(=O)C(C)(C)C. The largest absolute Gasteiger partial charge is 0.322 e. The second kappa shape index (κ2) is 6.20. The number of rotatable bonds is 1. The highest BCUT2D eigenvalue weighted by molar-refractivity contribution is 7.69. The summed E-state index contributed by atoms with van der Waals surface area (Å²) >= 11 is 0. The Morgan fingerprint density at radius 2 is 0.964 bits per heavy atom. The first kappa shape index (κ1) is 20.2. The summed E-state index contributed by atoms with van der Waals surface area (Å²) in [5.74, 6) is 0. The van der Waals surface area contributed by atoms with Gasteiger partial charge in [0.2, 0.25) is 0 Å². The van der Waals surface area contributed by atoms with Crippen LogP contribution in [0.25, 0.3) is 0 Å². The van der Waals surface area contributed by atoms with E-state index in [0.29, 0.717) is 12.3 Å². The molecule has 0 bridgehead atoms. The minimum absolute atomic E-state index is 0.155. The van der Waals surface area contributed by atoms with Crippen molar-refractivity contribution in [2.24, 2.45) is 0 Å². The summed E-state index contributed by atoms with van der Waals surface area (Å²) in [5.41, 5.74) is 4.42. The molecule has 150 valence electrons. The van der Waals surface area contributed by atoms with Crippen LogP contribution in [0.15, 0.2) is 48.5 Å². The molecular weight excluding hydrogens is 382 g/mol. The van der Waals surface area contributed by atoms with Crippen molar-refractivity contribution in [2.75, 3.05) is 0 Å². The van der Waals surface area contributed by atoms with Gasteiger partial charge in [-0.3, -0.25) is 0 Å². The van der Waals surface area contributed by atoms with E-state index in [-0.39, 0.29) is 21.6 Å². The van der Waals surface area contributed by atoms with Crippen molar-refractivity contribution in [1.82, 2.24) is 0 Å². The topological polar surface area (TPSA) is 34.1 Å². The van der Waals surface area contributed by atoms with Gasteiger partial charge in [-0.15, -0.1) is 0 Å². The molecule has 0 aromatic heterocycles. The molecule has 0 unspecified atom stereocenters. The summed E-state index contributed by atoms with van der Waals surface area (Å²) in [6, 6.07) is 16.7. The highest BCUT2D eigenvalue weighted by atomic mass is 31.2. The number of benzene rings is 2. The summed E-state index contributed by atoms with van der Waals surface area (Å²) in [7, 11) is -5.34. The Labute approximate surface area is 169 Å². The third-order valence-electron chi connectivity index (χ3n) is 7.03. The second-order valence-electron chi connectivity index (χ2n) is 10.5. The van der Waals surface area contributed by atoms with E-state index in [1.54, 1.807) is 0 Å². The van der Waals surface area contributed by atoms with Gasteiger partial charge in [-0.2, -0.15) is 0 Å². The van der Waals surface area contributed by atoms with Gasteiger partial charge in [-0.25, -0.2) is 0 Å². The van der Waals surface area contributed by atoms with Gasteiger partial charge in [-0.1, -0.05) is 90.1 Å². The molecule has 4 atom stereocenters. The molecule has 0 amide bonds. The average molecular weight is 414 g/mol. The Morgan fingerprint density at radius 3 is 1.29 bits per heavy atom. The molecule has 2 nitrogen and oxygen atoms in total. The van der Waals surface area contributed by atoms with E-state index in [1.807, 2.05) is 24.3 Å². The van der Waals surface area contributed by atoms with Gasteiger partial charge >= 0.3 is 0 Å². The Morgan fingerprint density at radius 1 is 0.643 bits per heavy atom. The van der Waals surface area contributed by atoms with Crippen molar-refractivity contribution in [3.05, 3.63) is 70.8 Å². The summed E-state index contributed by atoms with van der Waals surface area (Å²) in [5, 5.41) is -0.645. The maximum absolute atomic E-state index is 14.7. The molecule has 2 heterocycles. The molecule has 0 radical (unpaired) electrons. The Balaban J connectivity index is 2.03. The molecule has 28 heavy (non-hydrogen) atoms. The molecule has 4 heteroatoms. The van der Waals surface area contributed by atoms with Gasteiger partial charge in [0.15, 0.2) is 0 Å². The van der Waals surface area contributed by atoms with Gasteiger partial charge in [-0.05, 0) is 22.3 Å². The molecule has 2 aromatic carbocycles. The fourth-order valence-electron chi connectivity index (χ4n) is 5.19. The molecule has 2 aliphatic heterocycles. The molecule has 0 saturated carbocycles. The highest BCUT2D eigenvalue weighted by Crippen LogP contribution is 2.87. The van der Waals surface area contributed by atoms with Crippen LogP contribution in [0.1, 0.15) is 75.1 Å². The van der Waals surface area contributed by atoms with Gasteiger partial charge in [0.05, 0.1) is 11.3 Å². The van der Waals surface area contributed by atoms with Crippen LogP contribution in [0.2, 0.25) is 0 Å². The van der Waals surface area contributed by atoms with Crippen molar-refractivity contribution in [2.45, 2.75) is 75.5 Å². The summed E-state index contributed by atoms with van der Waals surface area (Å²) in [4.78, 5) is 0. The first-order chi connectivity index (χ1) is 12.9. The molecule has 4 rings (SSSR count). The van der Waals surface area contributed by atoms with E-state index < -0.39 is 14.3 Å². The van der Waals surface area contributed by atoms with E-state index in [9.17, 15) is 9.13 Å². The molecule has 0 N–H and O–H groups in total. The quantitative estimate of drug-likeness (QED) is 0.446. The maximum atomic E-state index is 14.7. The van der Waals surface area contributed by atoms with Crippen LogP contribution >= 0.6 is 14.3 Å². The van der Waals surface area contributed by atoms with Crippen molar-refractivity contribution < 1.29 is 9.13 Å². The van der Waals surface area contributed by atoms with Crippen LogP contribution in [0, 0.1) is 0 Å². The average Bonchev–Trinajstić information content (AvgIpc) is 3.05. The molecule has 0 fully saturated rings. The Hall–Kier alpha value is -1.10. The van der Waals surface area contributed by atoms with Crippen LogP contribution in [-0.2, 0) is 21.5 Å². The minimum Gasteiger partial charge on any atom is -0.322 e. The fourth-order valence-corrected chi connectivity index (χ4v) is 13.7. The first-order valence-electron chi connectivity index (χ1n) is 10.2. The van der Waals surface area contributed by atoms with Crippen LogP contribution in [0.5, 0.6) is 0 Å². The van der Waals surface area contributed by atoms with E-state index in [0.717, 1.165) is 0 Å². The fraction of sp³-hybridized carbons (Fsp3) is 0.500. The zero-order valence-corrected chi connectivity index (χ0v) is 19.7. The van der Waals surface area contributed by atoms with E-state index in [4.69, 9.17) is 0 Å². The third-order valence-corrected chi connectivity index (χ3v) is 16.4. The Bertz CT molecular complexity index is 940. The minimum atomic E-state index is -2.67. The predicted octanol–water partition coefficient (Wildman–Crippen LogP) is 7.82. The number of fused-ring (bicyclic) bond motifs is 2. The predicted molar refractivity (Wildman–Crippen MR) is 120 cm³/mol. The van der Waals surface area contributed by atoms with E-state index in [1.165, 1.54) is 22.3 Å². The lowest BCUT2D eigenvalue weighted by molar-refractivity contribution is 0.521. The van der Waals surface area contributed by atoms with E-state index >= 15 is 0 Å². The van der Waals surface area contributed by atoms with Crippen LogP contribution < -0.4 is 0 Å². The zero-order chi connectivity index (χ0) is 20.5. The van der Waals surface area contributed by atoms with Crippen LogP contribution in [0.4, 0.5) is 0 Å². The van der Waals surface area contributed by atoms with Gasteiger partial charge in [0.1, 0.15) is 14.3 Å². The zero-order valence-electron chi connectivity index (χ0n) is 17.9. The normalized spacial score (nSPS) is 32.2. The highest BCUT2D eigenvalue weighted by Gasteiger charge is 2.60. The lowest BCUT2D eigenvalue weighted by Gasteiger charge is -2.42. The van der Waals surface area contributed by atoms with Gasteiger partial charge in [0, 0.05) is 22.6 Å². The monoisotopic (exact) mass is 414 g/mol. The third kappa shape index (κ3) is 2.68.